The van der Waals surface area contributed by atoms with E-state index in [1.54, 1.807) is 0 Å². The highest BCUT2D eigenvalue weighted by Crippen LogP contribution is 2.33. The van der Waals surface area contributed by atoms with Crippen LogP contribution < -0.4 is 10.3 Å². The largest absolute Gasteiger partial charge is 0.496 e. The van der Waals surface area contributed by atoms with E-state index in [1.807, 2.05) is 4.90 Å². The maximum Gasteiger partial charge on any atom is 0.259 e. The van der Waals surface area contributed by atoms with Crippen LogP contribution in [0.4, 0.5) is 0 Å². The van der Waals surface area contributed by atoms with Gasteiger partial charge in [-0.15, -0.1) is 0 Å². The first kappa shape index (κ1) is 16.3. The number of carbonyl (C=O) groups excluding carboxylic acids is 1. The molecule has 3 rings (SSSR count). The number of hydrogen-bond acceptors (Lipinski definition) is 3. The predicted molar refractivity (Wildman–Crippen MR) is 92.5 cm³/mol. The number of amides is 1. The first-order chi connectivity index (χ1) is 11.3. The van der Waals surface area contributed by atoms with Gasteiger partial charge in [-0.25, -0.2) is 0 Å². The smallest absolute Gasteiger partial charge is 0.259 e. The number of nitrogens with zero attached hydrogens (tertiary/aromatic N) is 1. The summed E-state index contributed by atoms with van der Waals surface area (Å²) in [4.78, 5) is 29.0. The van der Waals surface area contributed by atoms with Crippen molar-refractivity contribution in [1.29, 1.82) is 0 Å². The quantitative estimate of drug-likeness (QED) is 0.923. The van der Waals surface area contributed by atoms with E-state index in [-0.39, 0.29) is 17.0 Å². The van der Waals surface area contributed by atoms with E-state index >= 15 is 0 Å². The number of nitrogens with one attached hydrogen (secondary N) is 1. The Hall–Kier alpha value is -2.56. The predicted octanol–water partition coefficient (Wildman–Crippen LogP) is 2.67. The fourth-order valence-electron chi connectivity index (χ4n) is 3.30. The molecule has 24 heavy (non-hydrogen) atoms. The van der Waals surface area contributed by atoms with Crippen LogP contribution in [0.3, 0.4) is 0 Å². The van der Waals surface area contributed by atoms with Crippen LogP contribution in [0.25, 0.3) is 0 Å². The van der Waals surface area contributed by atoms with Gasteiger partial charge < -0.3 is 14.6 Å². The zero-order valence-corrected chi connectivity index (χ0v) is 14.5. The molecule has 1 amide bonds. The van der Waals surface area contributed by atoms with Crippen molar-refractivity contribution in [3.63, 3.8) is 0 Å². The molecule has 0 fully saturated rings. The zero-order chi connectivity index (χ0) is 17.5. The minimum atomic E-state index is -0.319. The van der Waals surface area contributed by atoms with Crippen LogP contribution in [0.5, 0.6) is 5.75 Å². The summed E-state index contributed by atoms with van der Waals surface area (Å²) >= 11 is 0. The van der Waals surface area contributed by atoms with Crippen molar-refractivity contribution in [1.82, 2.24) is 9.88 Å². The van der Waals surface area contributed by atoms with Gasteiger partial charge in [0.25, 0.3) is 11.5 Å². The SMILES string of the molecule is COc1cc(=O)[nH]cc1C(=O)N1Cc2cc(C)ccc2CC1(C)C. The normalized spacial score (nSPS) is 15.8. The second-order valence-electron chi connectivity index (χ2n) is 6.93. The number of fused-ring (bicyclic) bond motifs is 1. The van der Waals surface area contributed by atoms with E-state index in [0.29, 0.717) is 17.9 Å². The molecule has 0 unspecified atom stereocenters. The van der Waals surface area contributed by atoms with Gasteiger partial charge in [-0.2, -0.15) is 0 Å². The number of aromatic nitrogens is 1. The van der Waals surface area contributed by atoms with Crippen LogP contribution in [0, 0.1) is 6.92 Å². The Bertz CT molecular complexity index is 852. The second-order valence-corrected chi connectivity index (χ2v) is 6.93. The van der Waals surface area contributed by atoms with Gasteiger partial charge in [0.2, 0.25) is 0 Å². The third-order valence-corrected chi connectivity index (χ3v) is 4.63. The number of rotatable bonds is 2. The van der Waals surface area contributed by atoms with Gasteiger partial charge in [-0.3, -0.25) is 9.59 Å². The number of hydrogen-bond donors (Lipinski definition) is 1. The zero-order valence-electron chi connectivity index (χ0n) is 14.5. The summed E-state index contributed by atoms with van der Waals surface area (Å²) in [7, 11) is 1.46. The highest BCUT2D eigenvalue weighted by atomic mass is 16.5. The van der Waals surface area contributed by atoms with Crippen LogP contribution in [0.1, 0.15) is 40.9 Å². The van der Waals surface area contributed by atoms with Gasteiger partial charge in [-0.05, 0) is 38.3 Å². The molecule has 2 aromatic rings. The highest BCUT2D eigenvalue weighted by Gasteiger charge is 2.37. The van der Waals surface area contributed by atoms with E-state index in [1.165, 1.54) is 36.1 Å². The lowest BCUT2D eigenvalue weighted by Crippen LogP contribution is -2.51. The topological polar surface area (TPSA) is 62.4 Å². The van der Waals surface area contributed by atoms with Crippen molar-refractivity contribution in [3.05, 3.63) is 63.1 Å². The van der Waals surface area contributed by atoms with Gasteiger partial charge in [0, 0.05) is 24.3 Å². The molecule has 1 aliphatic heterocycles. The molecule has 1 aliphatic rings. The van der Waals surface area contributed by atoms with Crippen molar-refractivity contribution in [2.24, 2.45) is 0 Å². The number of benzene rings is 1. The molecule has 1 aromatic heterocycles. The number of aryl methyl sites for hydroxylation is 1. The Morgan fingerprint density at radius 2 is 2.00 bits per heavy atom. The Morgan fingerprint density at radius 3 is 2.71 bits per heavy atom. The number of ether oxygens (including phenoxy) is 1. The number of aromatic amines is 1. The second kappa shape index (κ2) is 5.82. The Morgan fingerprint density at radius 1 is 1.25 bits per heavy atom. The van der Waals surface area contributed by atoms with Crippen LogP contribution in [-0.2, 0) is 13.0 Å². The van der Waals surface area contributed by atoms with Crippen molar-refractivity contribution in [3.8, 4) is 5.75 Å². The summed E-state index contributed by atoms with van der Waals surface area (Å²) < 4.78 is 5.23. The first-order valence-corrected chi connectivity index (χ1v) is 7.99. The summed E-state index contributed by atoms with van der Waals surface area (Å²) in [5, 5.41) is 0. The molecule has 0 bridgehead atoms. The third-order valence-electron chi connectivity index (χ3n) is 4.63. The monoisotopic (exact) mass is 326 g/mol. The molecule has 2 heterocycles. The Kier molecular flexibility index (Phi) is 3.95. The van der Waals surface area contributed by atoms with Crippen LogP contribution in [0.15, 0.2) is 35.3 Å². The van der Waals surface area contributed by atoms with Crippen molar-refractivity contribution in [2.75, 3.05) is 7.11 Å². The number of H-pyrrole nitrogens is 1. The Balaban J connectivity index is 2.02. The number of carbonyl (C=O) groups is 1. The minimum absolute atomic E-state index is 0.139. The molecule has 0 atom stereocenters. The van der Waals surface area contributed by atoms with Crippen molar-refractivity contribution in [2.45, 2.75) is 39.3 Å². The van der Waals surface area contributed by atoms with E-state index in [2.05, 4.69) is 44.0 Å². The van der Waals surface area contributed by atoms with E-state index in [9.17, 15) is 9.59 Å². The van der Waals surface area contributed by atoms with E-state index in [4.69, 9.17) is 4.74 Å². The first-order valence-electron chi connectivity index (χ1n) is 7.99. The van der Waals surface area contributed by atoms with Crippen molar-refractivity contribution >= 4 is 5.91 Å². The van der Waals surface area contributed by atoms with Crippen LogP contribution >= 0.6 is 0 Å². The number of methoxy groups -OCH3 is 1. The molecule has 5 heteroatoms. The van der Waals surface area contributed by atoms with Gasteiger partial charge in [0.05, 0.1) is 12.7 Å². The van der Waals surface area contributed by atoms with Crippen molar-refractivity contribution < 1.29 is 9.53 Å². The van der Waals surface area contributed by atoms with Gasteiger partial charge in [0.15, 0.2) is 0 Å². The lowest BCUT2D eigenvalue weighted by molar-refractivity contribution is 0.0485. The average Bonchev–Trinajstić information content (AvgIpc) is 2.53. The molecule has 0 saturated carbocycles. The lowest BCUT2D eigenvalue weighted by atomic mass is 9.84. The summed E-state index contributed by atoms with van der Waals surface area (Å²) in [6.45, 7) is 6.72. The highest BCUT2D eigenvalue weighted by molar-refractivity contribution is 5.97. The van der Waals surface area contributed by atoms with Gasteiger partial charge in [-0.1, -0.05) is 23.8 Å². The maximum absolute atomic E-state index is 13.1. The van der Waals surface area contributed by atoms with E-state index in [0.717, 1.165) is 6.42 Å². The summed E-state index contributed by atoms with van der Waals surface area (Å²) in [5.74, 6) is 0.162. The summed E-state index contributed by atoms with van der Waals surface area (Å²) in [5.41, 5.74) is 3.40. The molecule has 0 radical (unpaired) electrons. The maximum atomic E-state index is 13.1. The standard InChI is InChI=1S/C19H22N2O3/c1-12-5-6-13-9-19(2,3)21(11-14(13)7-12)18(23)15-10-20-17(22)8-16(15)24-4/h5-8,10H,9,11H2,1-4H3,(H,20,22). The fraction of sp³-hybridized carbons (Fsp3) is 0.368. The molecule has 1 aromatic carbocycles. The molecule has 1 N–H and O–H groups in total. The van der Waals surface area contributed by atoms with E-state index < -0.39 is 0 Å². The van der Waals surface area contributed by atoms with Crippen LogP contribution in [-0.4, -0.2) is 28.4 Å². The fourth-order valence-corrected chi connectivity index (χ4v) is 3.30. The molecule has 0 saturated heterocycles. The molecule has 126 valence electrons. The van der Waals surface area contributed by atoms with Crippen LogP contribution in [0.2, 0.25) is 0 Å². The third kappa shape index (κ3) is 2.82. The molecule has 0 spiro atoms. The lowest BCUT2D eigenvalue weighted by Gasteiger charge is -2.43. The molecular weight excluding hydrogens is 304 g/mol. The van der Waals surface area contributed by atoms with Gasteiger partial charge in [0.1, 0.15) is 5.75 Å². The number of pyridine rings is 1. The summed E-state index contributed by atoms with van der Waals surface area (Å²) in [6, 6.07) is 7.70. The molecule has 0 aliphatic carbocycles. The Labute approximate surface area is 141 Å². The summed E-state index contributed by atoms with van der Waals surface area (Å²) in [6.07, 6.45) is 2.23. The van der Waals surface area contributed by atoms with Gasteiger partial charge >= 0.3 is 0 Å². The minimum Gasteiger partial charge on any atom is -0.496 e. The average molecular weight is 326 g/mol. The molecular formula is C19H22N2O3. The molecule has 5 nitrogen and oxygen atoms in total.